The average molecular weight is 385 g/mol. The molecule has 2 fully saturated rings. The van der Waals surface area contributed by atoms with E-state index in [1.165, 1.54) is 4.90 Å². The minimum Gasteiger partial charge on any atom is -0.356 e. The molecular weight excluding hydrogens is 359 g/mol. The lowest BCUT2D eigenvalue weighted by molar-refractivity contribution is -0.183. The standard InChI is InChI=1S/C18H26F3N5O/c1-12-11-16(23-13(2)22-12)25-9-5-15(6-10-25)24-17(27)26-7-3-14(4-8-26)18(19,20)21/h11,14-15H,3-10H2,1-2H3,(H,24,27). The number of piperidine rings is 2. The molecule has 2 aliphatic heterocycles. The first kappa shape index (κ1) is 19.7. The SMILES string of the molecule is Cc1cc(N2CCC(NC(=O)N3CCC(C(F)(F)F)CC3)CC2)nc(C)n1. The molecule has 0 aromatic carbocycles. The Morgan fingerprint density at radius 1 is 1.07 bits per heavy atom. The average Bonchev–Trinajstić information content (AvgIpc) is 2.61. The second kappa shape index (κ2) is 7.90. The number of aromatic nitrogens is 2. The highest BCUT2D eigenvalue weighted by Gasteiger charge is 2.41. The van der Waals surface area contributed by atoms with Crippen molar-refractivity contribution in [1.29, 1.82) is 0 Å². The molecule has 0 aliphatic carbocycles. The number of nitrogens with one attached hydrogen (secondary N) is 1. The first-order chi connectivity index (χ1) is 12.7. The number of likely N-dealkylation sites (tertiary alicyclic amines) is 1. The fraction of sp³-hybridized carbons (Fsp3) is 0.722. The van der Waals surface area contributed by atoms with Crippen LogP contribution in [0, 0.1) is 19.8 Å². The molecule has 0 unspecified atom stereocenters. The zero-order valence-electron chi connectivity index (χ0n) is 15.7. The molecule has 3 heterocycles. The lowest BCUT2D eigenvalue weighted by atomic mass is 9.96. The van der Waals surface area contributed by atoms with Crippen LogP contribution in [-0.4, -0.2) is 59.3 Å². The Labute approximate surface area is 157 Å². The number of aryl methyl sites for hydroxylation is 2. The molecule has 6 nitrogen and oxygen atoms in total. The van der Waals surface area contributed by atoms with E-state index in [9.17, 15) is 18.0 Å². The monoisotopic (exact) mass is 385 g/mol. The number of nitrogens with zero attached hydrogens (tertiary/aromatic N) is 4. The maximum Gasteiger partial charge on any atom is 0.391 e. The summed E-state index contributed by atoms with van der Waals surface area (Å²) < 4.78 is 38.2. The largest absolute Gasteiger partial charge is 0.391 e. The number of rotatable bonds is 2. The molecule has 27 heavy (non-hydrogen) atoms. The summed E-state index contributed by atoms with van der Waals surface area (Å²) in [4.78, 5) is 24.8. The van der Waals surface area contributed by atoms with Gasteiger partial charge in [0.05, 0.1) is 5.92 Å². The van der Waals surface area contributed by atoms with Gasteiger partial charge in [0.1, 0.15) is 11.6 Å². The van der Waals surface area contributed by atoms with Crippen LogP contribution in [-0.2, 0) is 0 Å². The van der Waals surface area contributed by atoms with E-state index in [4.69, 9.17) is 0 Å². The van der Waals surface area contributed by atoms with Crippen molar-refractivity contribution >= 4 is 11.8 Å². The molecule has 2 aliphatic rings. The summed E-state index contributed by atoms with van der Waals surface area (Å²) in [7, 11) is 0. The van der Waals surface area contributed by atoms with Crippen molar-refractivity contribution in [2.45, 2.75) is 51.7 Å². The highest BCUT2D eigenvalue weighted by molar-refractivity contribution is 5.74. The lowest BCUT2D eigenvalue weighted by Gasteiger charge is -2.36. The van der Waals surface area contributed by atoms with Crippen LogP contribution in [0.5, 0.6) is 0 Å². The van der Waals surface area contributed by atoms with Gasteiger partial charge >= 0.3 is 12.2 Å². The van der Waals surface area contributed by atoms with Crippen LogP contribution in [0.25, 0.3) is 0 Å². The normalized spacial score (nSPS) is 20.0. The van der Waals surface area contributed by atoms with E-state index >= 15 is 0 Å². The van der Waals surface area contributed by atoms with Crippen molar-refractivity contribution in [2.24, 2.45) is 5.92 Å². The molecule has 9 heteroatoms. The smallest absolute Gasteiger partial charge is 0.356 e. The zero-order valence-corrected chi connectivity index (χ0v) is 15.7. The molecule has 150 valence electrons. The summed E-state index contributed by atoms with van der Waals surface area (Å²) in [5.74, 6) is 0.353. The predicted molar refractivity (Wildman–Crippen MR) is 95.6 cm³/mol. The lowest BCUT2D eigenvalue weighted by Crippen LogP contribution is -2.51. The van der Waals surface area contributed by atoms with Crippen LogP contribution >= 0.6 is 0 Å². The number of hydrogen-bond acceptors (Lipinski definition) is 4. The van der Waals surface area contributed by atoms with E-state index in [1.807, 2.05) is 19.9 Å². The van der Waals surface area contributed by atoms with Crippen LogP contribution < -0.4 is 10.2 Å². The van der Waals surface area contributed by atoms with Gasteiger partial charge in [-0.3, -0.25) is 0 Å². The van der Waals surface area contributed by atoms with Gasteiger partial charge in [-0.15, -0.1) is 0 Å². The fourth-order valence-electron chi connectivity index (χ4n) is 3.79. The van der Waals surface area contributed by atoms with E-state index in [2.05, 4.69) is 20.2 Å². The van der Waals surface area contributed by atoms with E-state index in [0.29, 0.717) is 0 Å². The molecule has 0 bridgehead atoms. The Morgan fingerprint density at radius 2 is 1.70 bits per heavy atom. The summed E-state index contributed by atoms with van der Waals surface area (Å²) in [5.41, 5.74) is 0.926. The van der Waals surface area contributed by atoms with Crippen molar-refractivity contribution in [3.8, 4) is 0 Å². The number of anilines is 1. The summed E-state index contributed by atoms with van der Waals surface area (Å²) in [6.45, 7) is 5.68. The zero-order chi connectivity index (χ0) is 19.6. The van der Waals surface area contributed by atoms with Gasteiger partial charge in [-0.1, -0.05) is 0 Å². The van der Waals surface area contributed by atoms with Crippen LogP contribution in [0.2, 0.25) is 0 Å². The van der Waals surface area contributed by atoms with Gasteiger partial charge < -0.3 is 15.1 Å². The van der Waals surface area contributed by atoms with Crippen LogP contribution in [0.3, 0.4) is 0 Å². The molecule has 0 radical (unpaired) electrons. The van der Waals surface area contributed by atoms with Gasteiger partial charge in [0.15, 0.2) is 0 Å². The van der Waals surface area contributed by atoms with Crippen molar-refractivity contribution < 1.29 is 18.0 Å². The summed E-state index contributed by atoms with van der Waals surface area (Å²) in [5, 5.41) is 2.98. The Hall–Kier alpha value is -2.06. The van der Waals surface area contributed by atoms with Crippen molar-refractivity contribution in [1.82, 2.24) is 20.2 Å². The van der Waals surface area contributed by atoms with Gasteiger partial charge in [0, 0.05) is 44.0 Å². The molecule has 1 aromatic rings. The molecule has 0 saturated carbocycles. The van der Waals surface area contributed by atoms with E-state index in [0.717, 1.165) is 43.3 Å². The molecule has 0 spiro atoms. The Kier molecular flexibility index (Phi) is 5.76. The molecule has 2 amide bonds. The van der Waals surface area contributed by atoms with Gasteiger partial charge in [-0.05, 0) is 39.5 Å². The van der Waals surface area contributed by atoms with Crippen LogP contribution in [0.15, 0.2) is 6.07 Å². The van der Waals surface area contributed by atoms with Gasteiger partial charge in [-0.25, -0.2) is 14.8 Å². The fourth-order valence-corrected chi connectivity index (χ4v) is 3.79. The van der Waals surface area contributed by atoms with Gasteiger partial charge in [0.25, 0.3) is 0 Å². The first-order valence-electron chi connectivity index (χ1n) is 9.42. The number of carbonyl (C=O) groups excluding carboxylic acids is 1. The van der Waals surface area contributed by atoms with E-state index in [-0.39, 0.29) is 38.0 Å². The Bertz CT molecular complexity index is 645. The van der Waals surface area contributed by atoms with E-state index in [1.54, 1.807) is 0 Å². The highest BCUT2D eigenvalue weighted by atomic mass is 19.4. The van der Waals surface area contributed by atoms with Gasteiger partial charge in [-0.2, -0.15) is 13.2 Å². The Morgan fingerprint density at radius 3 is 2.26 bits per heavy atom. The third kappa shape index (κ3) is 5.01. The Balaban J connectivity index is 1.46. The summed E-state index contributed by atoms with van der Waals surface area (Å²) >= 11 is 0. The molecule has 1 aromatic heterocycles. The number of urea groups is 1. The minimum atomic E-state index is -4.16. The summed E-state index contributed by atoms with van der Waals surface area (Å²) in [6, 6.07) is 1.75. The van der Waals surface area contributed by atoms with Crippen LogP contribution in [0.4, 0.5) is 23.8 Å². The van der Waals surface area contributed by atoms with Gasteiger partial charge in [0.2, 0.25) is 0 Å². The molecule has 1 N–H and O–H groups in total. The molecule has 0 atom stereocenters. The minimum absolute atomic E-state index is 0.0121. The van der Waals surface area contributed by atoms with Crippen LogP contribution in [0.1, 0.15) is 37.2 Å². The van der Waals surface area contributed by atoms with E-state index < -0.39 is 12.1 Å². The van der Waals surface area contributed by atoms with Crippen molar-refractivity contribution in [3.05, 3.63) is 17.6 Å². The van der Waals surface area contributed by atoms with Crippen molar-refractivity contribution in [2.75, 3.05) is 31.1 Å². The molecular formula is C18H26F3N5O. The second-order valence-corrected chi connectivity index (χ2v) is 7.43. The second-order valence-electron chi connectivity index (χ2n) is 7.43. The highest BCUT2D eigenvalue weighted by Crippen LogP contribution is 2.34. The topological polar surface area (TPSA) is 61.4 Å². The number of carbonyl (C=O) groups is 1. The number of halogens is 3. The number of alkyl halides is 3. The predicted octanol–water partition coefficient (Wildman–Crippen LogP) is 3.05. The van der Waals surface area contributed by atoms with Crippen molar-refractivity contribution in [3.63, 3.8) is 0 Å². The maximum atomic E-state index is 12.7. The maximum absolute atomic E-state index is 12.7. The summed E-state index contributed by atoms with van der Waals surface area (Å²) in [6.07, 6.45) is -2.61. The molecule has 3 rings (SSSR count). The quantitative estimate of drug-likeness (QED) is 0.850. The number of hydrogen-bond donors (Lipinski definition) is 1. The third-order valence-corrected chi connectivity index (χ3v) is 5.34. The third-order valence-electron chi connectivity index (χ3n) is 5.34. The number of amides is 2. The molecule has 2 saturated heterocycles. The first-order valence-corrected chi connectivity index (χ1v) is 9.42.